The maximum atomic E-state index is 11.9. The Morgan fingerprint density at radius 3 is 2.80 bits per heavy atom. The van der Waals surface area contributed by atoms with Crippen molar-refractivity contribution < 1.29 is 9.53 Å². The first-order valence-electron chi connectivity index (χ1n) is 5.83. The number of rotatable bonds is 3. The Morgan fingerprint density at radius 1 is 1.35 bits per heavy atom. The van der Waals surface area contributed by atoms with E-state index in [1.165, 1.54) is 11.7 Å². The number of anilines is 2. The summed E-state index contributed by atoms with van der Waals surface area (Å²) in [6.07, 6.45) is 1.66. The highest BCUT2D eigenvalue weighted by Crippen LogP contribution is 2.23. The molecule has 0 aliphatic heterocycles. The van der Waals surface area contributed by atoms with Gasteiger partial charge in [-0.25, -0.2) is 4.79 Å². The summed E-state index contributed by atoms with van der Waals surface area (Å²) in [6.45, 7) is 0. The van der Waals surface area contributed by atoms with E-state index in [9.17, 15) is 9.59 Å². The summed E-state index contributed by atoms with van der Waals surface area (Å²) in [5.74, 6) is -0.528. The molecule has 1 N–H and O–H groups in total. The molecule has 2 rings (SSSR count). The minimum absolute atomic E-state index is 0.165. The van der Waals surface area contributed by atoms with Gasteiger partial charge in [0.05, 0.1) is 17.7 Å². The Morgan fingerprint density at radius 2 is 2.10 bits per heavy atom. The van der Waals surface area contributed by atoms with E-state index in [0.29, 0.717) is 16.4 Å². The maximum absolute atomic E-state index is 11.9. The molecule has 2 aromatic rings. The second-order valence-corrected chi connectivity index (χ2v) is 4.56. The van der Waals surface area contributed by atoms with Crippen LogP contribution >= 0.6 is 11.6 Å². The van der Waals surface area contributed by atoms with E-state index in [1.807, 2.05) is 0 Å². The molecule has 1 heterocycles. The Bertz CT molecular complexity index is 710. The molecule has 104 valence electrons. The van der Waals surface area contributed by atoms with Gasteiger partial charge in [-0.05, 0) is 30.3 Å². The monoisotopic (exact) mass is 292 g/mol. The molecule has 1 aromatic carbocycles. The van der Waals surface area contributed by atoms with E-state index < -0.39 is 5.97 Å². The number of carbonyl (C=O) groups is 1. The first-order valence-corrected chi connectivity index (χ1v) is 6.21. The smallest absolute Gasteiger partial charge is 0.339 e. The number of ether oxygens (including phenoxy) is 1. The fourth-order valence-corrected chi connectivity index (χ4v) is 1.91. The standard InChI is InChI=1S/C14H13ClN2O3/c1-17-7-3-4-12(13(17)18)16-9-5-6-11(15)10(8-9)14(19)20-2/h3-8,16H,1-2H3. The van der Waals surface area contributed by atoms with Crippen LogP contribution in [0.25, 0.3) is 0 Å². The lowest BCUT2D eigenvalue weighted by atomic mass is 10.2. The van der Waals surface area contributed by atoms with Gasteiger partial charge in [0.2, 0.25) is 0 Å². The molecule has 0 spiro atoms. The third-order valence-electron chi connectivity index (χ3n) is 2.77. The van der Waals surface area contributed by atoms with Gasteiger partial charge in [-0.3, -0.25) is 4.79 Å². The van der Waals surface area contributed by atoms with Crippen molar-refractivity contribution in [3.63, 3.8) is 0 Å². The van der Waals surface area contributed by atoms with Crippen LogP contribution in [0, 0.1) is 0 Å². The quantitative estimate of drug-likeness (QED) is 0.883. The van der Waals surface area contributed by atoms with E-state index in [1.54, 1.807) is 43.6 Å². The highest BCUT2D eigenvalue weighted by molar-refractivity contribution is 6.33. The number of halogens is 1. The molecule has 0 aliphatic carbocycles. The third kappa shape index (κ3) is 2.83. The second kappa shape index (κ2) is 5.79. The largest absolute Gasteiger partial charge is 0.465 e. The van der Waals surface area contributed by atoms with Crippen molar-refractivity contribution >= 4 is 28.9 Å². The lowest BCUT2D eigenvalue weighted by Gasteiger charge is -2.09. The van der Waals surface area contributed by atoms with Crippen molar-refractivity contribution in [2.24, 2.45) is 7.05 Å². The van der Waals surface area contributed by atoms with Crippen LogP contribution in [0.3, 0.4) is 0 Å². The number of nitrogens with one attached hydrogen (secondary N) is 1. The molecule has 0 fully saturated rings. The van der Waals surface area contributed by atoms with Crippen molar-refractivity contribution in [1.29, 1.82) is 0 Å². The molecule has 20 heavy (non-hydrogen) atoms. The normalized spacial score (nSPS) is 10.2. The first kappa shape index (κ1) is 14.1. The van der Waals surface area contributed by atoms with E-state index in [0.717, 1.165) is 0 Å². The van der Waals surface area contributed by atoms with E-state index >= 15 is 0 Å². The number of nitrogens with zero attached hydrogens (tertiary/aromatic N) is 1. The van der Waals surface area contributed by atoms with Gasteiger partial charge < -0.3 is 14.6 Å². The number of esters is 1. The van der Waals surface area contributed by atoms with Crippen LogP contribution in [0.1, 0.15) is 10.4 Å². The maximum Gasteiger partial charge on any atom is 0.339 e. The van der Waals surface area contributed by atoms with E-state index in [4.69, 9.17) is 11.6 Å². The molecule has 0 aliphatic rings. The zero-order chi connectivity index (χ0) is 14.7. The molecule has 0 saturated heterocycles. The lowest BCUT2D eigenvalue weighted by Crippen LogP contribution is -2.18. The van der Waals surface area contributed by atoms with Crippen LogP contribution in [0.5, 0.6) is 0 Å². The van der Waals surface area contributed by atoms with Crippen LogP contribution in [0.15, 0.2) is 41.3 Å². The Kier molecular flexibility index (Phi) is 4.10. The molecule has 6 heteroatoms. The first-order chi connectivity index (χ1) is 9.52. The number of hydrogen-bond donors (Lipinski definition) is 1. The number of hydrogen-bond acceptors (Lipinski definition) is 4. The minimum Gasteiger partial charge on any atom is -0.465 e. The van der Waals surface area contributed by atoms with Gasteiger partial charge in [-0.2, -0.15) is 0 Å². The predicted octanol–water partition coefficient (Wildman–Crippen LogP) is 2.57. The fourth-order valence-electron chi connectivity index (χ4n) is 1.72. The van der Waals surface area contributed by atoms with Crippen molar-refractivity contribution in [2.75, 3.05) is 12.4 Å². The molecule has 0 radical (unpaired) electrons. The van der Waals surface area contributed by atoms with Gasteiger partial charge in [-0.15, -0.1) is 0 Å². The average molecular weight is 293 g/mol. The van der Waals surface area contributed by atoms with E-state index in [2.05, 4.69) is 10.1 Å². The molecule has 0 bridgehead atoms. The molecule has 0 atom stereocenters. The average Bonchev–Trinajstić information content (AvgIpc) is 2.45. The number of carbonyl (C=O) groups excluding carboxylic acids is 1. The highest BCUT2D eigenvalue weighted by Gasteiger charge is 2.12. The summed E-state index contributed by atoms with van der Waals surface area (Å²) in [4.78, 5) is 23.5. The lowest BCUT2D eigenvalue weighted by molar-refractivity contribution is 0.0601. The summed E-state index contributed by atoms with van der Waals surface area (Å²) in [5, 5.41) is 3.25. The number of methoxy groups -OCH3 is 1. The topological polar surface area (TPSA) is 60.3 Å². The number of benzene rings is 1. The van der Waals surface area contributed by atoms with Crippen molar-refractivity contribution in [3.8, 4) is 0 Å². The third-order valence-corrected chi connectivity index (χ3v) is 3.10. The van der Waals surface area contributed by atoms with Crippen molar-refractivity contribution in [3.05, 3.63) is 57.5 Å². The van der Waals surface area contributed by atoms with Crippen LogP contribution in [0.2, 0.25) is 5.02 Å². The van der Waals surface area contributed by atoms with Crippen LogP contribution < -0.4 is 10.9 Å². The molecule has 5 nitrogen and oxygen atoms in total. The summed E-state index contributed by atoms with van der Waals surface area (Å²) >= 11 is 5.93. The van der Waals surface area contributed by atoms with Gasteiger partial charge in [0.15, 0.2) is 0 Å². The molecule has 0 saturated carbocycles. The molecular weight excluding hydrogens is 280 g/mol. The SMILES string of the molecule is COC(=O)c1cc(Nc2cccn(C)c2=O)ccc1Cl. The van der Waals surface area contributed by atoms with Crippen molar-refractivity contribution in [2.45, 2.75) is 0 Å². The van der Waals surface area contributed by atoms with Crippen LogP contribution in [-0.2, 0) is 11.8 Å². The molecule has 1 aromatic heterocycles. The fraction of sp³-hybridized carbons (Fsp3) is 0.143. The van der Waals surface area contributed by atoms with Gasteiger partial charge in [0.25, 0.3) is 5.56 Å². The van der Waals surface area contributed by atoms with Crippen LogP contribution in [0.4, 0.5) is 11.4 Å². The summed E-state index contributed by atoms with van der Waals surface area (Å²) in [6, 6.07) is 8.21. The number of pyridine rings is 1. The second-order valence-electron chi connectivity index (χ2n) is 4.15. The number of aromatic nitrogens is 1. The van der Waals surface area contributed by atoms with E-state index in [-0.39, 0.29) is 11.1 Å². The van der Waals surface area contributed by atoms with Gasteiger partial charge in [0.1, 0.15) is 5.69 Å². The minimum atomic E-state index is -0.528. The van der Waals surface area contributed by atoms with Crippen molar-refractivity contribution in [1.82, 2.24) is 4.57 Å². The predicted molar refractivity (Wildman–Crippen MR) is 77.8 cm³/mol. The highest BCUT2D eigenvalue weighted by atomic mass is 35.5. The zero-order valence-electron chi connectivity index (χ0n) is 11.0. The molecule has 0 amide bonds. The van der Waals surface area contributed by atoms with Gasteiger partial charge in [-0.1, -0.05) is 11.6 Å². The number of aryl methyl sites for hydroxylation is 1. The molecular formula is C14H13ClN2O3. The van der Waals surface area contributed by atoms with Gasteiger partial charge in [0, 0.05) is 18.9 Å². The summed E-state index contributed by atoms with van der Waals surface area (Å²) in [7, 11) is 2.95. The van der Waals surface area contributed by atoms with Gasteiger partial charge >= 0.3 is 5.97 Å². The Balaban J connectivity index is 2.37. The zero-order valence-corrected chi connectivity index (χ0v) is 11.8. The summed E-state index contributed by atoms with van der Waals surface area (Å²) < 4.78 is 6.11. The molecule has 0 unspecified atom stereocenters. The Labute approximate surface area is 120 Å². The Hall–Kier alpha value is -2.27. The van der Waals surface area contributed by atoms with Crippen LogP contribution in [-0.4, -0.2) is 17.6 Å². The summed E-state index contributed by atoms with van der Waals surface area (Å²) in [5.41, 5.74) is 1.07.